The number of benzene rings is 10. The lowest BCUT2D eigenvalue weighted by molar-refractivity contribution is 1.19. The van der Waals surface area contributed by atoms with E-state index in [-0.39, 0.29) is 35.4 Å². The van der Waals surface area contributed by atoms with Gasteiger partial charge in [0.25, 0.3) is 0 Å². The summed E-state index contributed by atoms with van der Waals surface area (Å²) in [7, 11) is 0. The number of para-hydroxylation sites is 1. The van der Waals surface area contributed by atoms with E-state index in [0.29, 0.717) is 16.9 Å². The molecule has 0 aliphatic carbocycles. The summed E-state index contributed by atoms with van der Waals surface area (Å²) < 4.78 is 40.0. The van der Waals surface area contributed by atoms with Gasteiger partial charge < -0.3 is 9.47 Å². The van der Waals surface area contributed by atoms with Crippen molar-refractivity contribution in [2.24, 2.45) is 0 Å². The molecule has 0 saturated carbocycles. The first-order chi connectivity index (χ1) is 31.4. The summed E-state index contributed by atoms with van der Waals surface area (Å²) >= 11 is 0. The fourth-order valence-corrected chi connectivity index (χ4v) is 8.53. The van der Waals surface area contributed by atoms with Crippen LogP contribution in [0, 0.1) is 0 Å². The number of aromatic nitrogens is 1. The van der Waals surface area contributed by atoms with Crippen LogP contribution in [-0.4, -0.2) is 4.57 Å². The monoisotopic (exact) mass is 768 g/mol. The molecule has 11 aromatic rings. The lowest BCUT2D eigenvalue weighted by Gasteiger charge is -2.26. The third-order valence-corrected chi connectivity index (χ3v) is 11.5. The highest BCUT2D eigenvalue weighted by Gasteiger charge is 2.19. The SMILES string of the molecule is [2H]c1c([2H])c(N(c2ccc(-c3ccc(-c4ccccc4)cc3)cc2)c2cccc(-c3cccc4c3c3ccccc3n4-c3ccc4ccccc4c3)c2)c([2H])c([2H])c1-c1ccccc1. The van der Waals surface area contributed by atoms with Gasteiger partial charge in [-0.1, -0.05) is 182 Å². The number of hydrogen-bond acceptors (Lipinski definition) is 1. The molecular weight excluding hydrogens is 725 g/mol. The molecule has 11 rings (SSSR count). The molecule has 0 fully saturated rings. The molecule has 0 N–H and O–H groups in total. The van der Waals surface area contributed by atoms with E-state index >= 15 is 0 Å². The van der Waals surface area contributed by atoms with E-state index < -0.39 is 0 Å². The summed E-state index contributed by atoms with van der Waals surface area (Å²) in [5.41, 5.74) is 12.2. The van der Waals surface area contributed by atoms with E-state index in [1.54, 1.807) is 0 Å². The van der Waals surface area contributed by atoms with Crippen molar-refractivity contribution >= 4 is 49.6 Å². The Hall–Kier alpha value is -7.94. The normalized spacial score (nSPS) is 12.3. The zero-order valence-electron chi connectivity index (χ0n) is 36.7. The second kappa shape index (κ2) is 15.1. The number of fused-ring (bicyclic) bond motifs is 4. The molecule has 1 heterocycles. The van der Waals surface area contributed by atoms with E-state index in [1.165, 1.54) is 10.8 Å². The molecule has 2 heteroatoms. The zero-order valence-corrected chi connectivity index (χ0v) is 32.7. The van der Waals surface area contributed by atoms with Crippen molar-refractivity contribution < 1.29 is 5.48 Å². The minimum absolute atomic E-state index is 0.0928. The van der Waals surface area contributed by atoms with Gasteiger partial charge in [-0.15, -0.1) is 0 Å². The maximum atomic E-state index is 9.54. The second-order valence-electron chi connectivity index (χ2n) is 15.0. The Labute approximate surface area is 356 Å². The fourth-order valence-electron chi connectivity index (χ4n) is 8.53. The smallest absolute Gasteiger partial charge is 0.0645 e. The molecule has 10 aromatic carbocycles. The molecule has 60 heavy (non-hydrogen) atoms. The van der Waals surface area contributed by atoms with Gasteiger partial charge in [0.2, 0.25) is 0 Å². The van der Waals surface area contributed by atoms with E-state index in [0.717, 1.165) is 60.9 Å². The van der Waals surface area contributed by atoms with Crippen molar-refractivity contribution in [3.05, 3.63) is 243 Å². The standard InChI is InChI=1S/C58H40N2/c1-3-13-41(14-4-1)44-25-27-45(28-26-44)47-31-36-51(37-32-47)59(50-34-29-46(30-35-50)42-15-5-2-6-16-42)52-20-11-19-49(40-52)54-22-12-24-57-58(54)55-21-9-10-23-56(55)60(57)53-38-33-43-17-7-8-18-48(43)39-53/h1-40H/i29D,30D,34D,35D. The highest BCUT2D eigenvalue weighted by Crippen LogP contribution is 2.42. The molecular formula is C58H40N2. The van der Waals surface area contributed by atoms with Crippen LogP contribution in [0.3, 0.4) is 0 Å². The Kier molecular flexibility index (Phi) is 7.83. The van der Waals surface area contributed by atoms with Gasteiger partial charge in [0, 0.05) is 33.5 Å². The van der Waals surface area contributed by atoms with E-state index in [9.17, 15) is 5.48 Å². The maximum absolute atomic E-state index is 9.54. The van der Waals surface area contributed by atoms with Crippen molar-refractivity contribution in [1.82, 2.24) is 4.57 Å². The van der Waals surface area contributed by atoms with Crippen LogP contribution in [0.4, 0.5) is 17.1 Å². The number of nitrogens with zero attached hydrogens (tertiary/aromatic N) is 2. The van der Waals surface area contributed by atoms with E-state index in [4.69, 9.17) is 0 Å². The van der Waals surface area contributed by atoms with Gasteiger partial charge in [-0.25, -0.2) is 0 Å². The molecule has 0 spiro atoms. The summed E-state index contributed by atoms with van der Waals surface area (Å²) in [6, 6.07) is 74.0. The molecule has 0 aliphatic heterocycles. The van der Waals surface area contributed by atoms with Crippen molar-refractivity contribution in [3.63, 3.8) is 0 Å². The van der Waals surface area contributed by atoms with Crippen molar-refractivity contribution in [2.75, 3.05) is 4.90 Å². The van der Waals surface area contributed by atoms with Crippen LogP contribution >= 0.6 is 0 Å². The predicted molar refractivity (Wildman–Crippen MR) is 255 cm³/mol. The first kappa shape index (κ1) is 31.1. The van der Waals surface area contributed by atoms with Gasteiger partial charge >= 0.3 is 0 Å². The van der Waals surface area contributed by atoms with E-state index in [1.807, 2.05) is 77.7 Å². The van der Waals surface area contributed by atoms with Gasteiger partial charge in [0.1, 0.15) is 0 Å². The Balaban J connectivity index is 1.07. The second-order valence-corrected chi connectivity index (χ2v) is 15.0. The Morgan fingerprint density at radius 2 is 0.883 bits per heavy atom. The third kappa shape index (κ3) is 6.41. The van der Waals surface area contributed by atoms with Crippen LogP contribution in [0.25, 0.3) is 82.8 Å². The Morgan fingerprint density at radius 3 is 1.60 bits per heavy atom. The van der Waals surface area contributed by atoms with Gasteiger partial charge in [0.05, 0.1) is 16.5 Å². The first-order valence-electron chi connectivity index (χ1n) is 22.3. The van der Waals surface area contributed by atoms with Crippen LogP contribution in [-0.2, 0) is 0 Å². The number of anilines is 3. The van der Waals surface area contributed by atoms with Crippen molar-refractivity contribution in [2.45, 2.75) is 0 Å². The molecule has 0 unspecified atom stereocenters. The average molecular weight is 769 g/mol. The lowest BCUT2D eigenvalue weighted by Crippen LogP contribution is -2.10. The quantitative estimate of drug-likeness (QED) is 0.149. The first-order valence-corrected chi connectivity index (χ1v) is 20.3. The average Bonchev–Trinajstić information content (AvgIpc) is 3.70. The summed E-state index contributed by atoms with van der Waals surface area (Å²) in [6.45, 7) is 0. The minimum atomic E-state index is -0.119. The Morgan fingerprint density at radius 1 is 0.333 bits per heavy atom. The Bertz CT molecular complexity index is 3500. The highest BCUT2D eigenvalue weighted by atomic mass is 15.1. The van der Waals surface area contributed by atoms with E-state index in [2.05, 4.69) is 150 Å². The molecule has 2 nitrogen and oxygen atoms in total. The van der Waals surface area contributed by atoms with Crippen LogP contribution in [0.1, 0.15) is 5.48 Å². The molecule has 282 valence electrons. The van der Waals surface area contributed by atoms with Crippen LogP contribution < -0.4 is 4.90 Å². The lowest BCUT2D eigenvalue weighted by atomic mass is 9.98. The summed E-state index contributed by atoms with van der Waals surface area (Å²) in [5.74, 6) is 0. The third-order valence-electron chi connectivity index (χ3n) is 11.5. The van der Waals surface area contributed by atoms with Crippen molar-refractivity contribution in [3.8, 4) is 50.2 Å². The van der Waals surface area contributed by atoms with Gasteiger partial charge in [-0.05, 0) is 116 Å². The molecule has 0 radical (unpaired) electrons. The zero-order chi connectivity index (χ0) is 43.3. The maximum Gasteiger partial charge on any atom is 0.0645 e. The summed E-state index contributed by atoms with van der Waals surface area (Å²) in [4.78, 5) is 1.87. The predicted octanol–water partition coefficient (Wildman–Crippen LogP) is 16.1. The largest absolute Gasteiger partial charge is 0.310 e. The van der Waals surface area contributed by atoms with Crippen LogP contribution in [0.2, 0.25) is 0 Å². The van der Waals surface area contributed by atoms with Gasteiger partial charge in [0.15, 0.2) is 0 Å². The van der Waals surface area contributed by atoms with Gasteiger partial charge in [-0.3, -0.25) is 0 Å². The summed E-state index contributed by atoms with van der Waals surface area (Å²) in [5, 5.41) is 4.62. The molecule has 0 bridgehead atoms. The minimum Gasteiger partial charge on any atom is -0.310 e. The molecule has 0 saturated heterocycles. The molecule has 0 amide bonds. The topological polar surface area (TPSA) is 8.17 Å². The van der Waals surface area contributed by atoms with Crippen LogP contribution in [0.15, 0.2) is 243 Å². The summed E-state index contributed by atoms with van der Waals surface area (Å²) in [6.07, 6.45) is 0. The number of rotatable bonds is 8. The number of hydrogen-bond donors (Lipinski definition) is 0. The van der Waals surface area contributed by atoms with Crippen molar-refractivity contribution in [1.29, 1.82) is 0 Å². The molecule has 1 aromatic heterocycles. The van der Waals surface area contributed by atoms with Gasteiger partial charge in [-0.2, -0.15) is 0 Å². The highest BCUT2D eigenvalue weighted by molar-refractivity contribution is 6.16. The molecule has 0 atom stereocenters. The molecule has 0 aliphatic rings. The van der Waals surface area contributed by atoms with Crippen LogP contribution in [0.5, 0.6) is 0 Å². The fraction of sp³-hybridized carbons (Fsp3) is 0.